The van der Waals surface area contributed by atoms with Crippen LogP contribution in [0.25, 0.3) is 0 Å². The lowest BCUT2D eigenvalue weighted by Crippen LogP contribution is -2.09. The molecule has 0 saturated heterocycles. The van der Waals surface area contributed by atoms with Gasteiger partial charge in [0.2, 0.25) is 0 Å². The molecule has 1 aromatic heterocycles. The van der Waals surface area contributed by atoms with Gasteiger partial charge in [0.25, 0.3) is 0 Å². The van der Waals surface area contributed by atoms with E-state index in [1.54, 1.807) is 6.39 Å². The number of rotatable bonds is 3. The zero-order chi connectivity index (χ0) is 10.5. The van der Waals surface area contributed by atoms with Gasteiger partial charge in [0.1, 0.15) is 5.76 Å². The molecule has 1 N–H and O–H groups in total. The van der Waals surface area contributed by atoms with E-state index in [9.17, 15) is 0 Å². The summed E-state index contributed by atoms with van der Waals surface area (Å²) in [6, 6.07) is 0. The van der Waals surface area contributed by atoms with Crippen LogP contribution in [0.2, 0.25) is 0 Å². The third-order valence-corrected chi connectivity index (χ3v) is 3.24. The van der Waals surface area contributed by atoms with Gasteiger partial charge in [-0.2, -0.15) is 0 Å². The molecular weight excluding hydrogens is 188 g/mol. The largest absolute Gasteiger partial charge is 0.448 e. The number of aromatic nitrogens is 1. The van der Waals surface area contributed by atoms with Gasteiger partial charge in [-0.25, -0.2) is 4.98 Å². The average Bonchev–Trinajstić information content (AvgIpc) is 2.53. The number of hydrogen-bond acceptors (Lipinski definition) is 3. The normalized spacial score (nSPS) is 19.0. The fraction of sp³-hybridized carbons (Fsp3) is 0.750. The molecule has 3 nitrogen and oxygen atoms in total. The highest BCUT2D eigenvalue weighted by atomic mass is 16.3. The lowest BCUT2D eigenvalue weighted by molar-refractivity contribution is 0.427. The first-order valence-corrected chi connectivity index (χ1v) is 5.98. The molecule has 0 spiro atoms. The Morgan fingerprint density at radius 2 is 2.07 bits per heavy atom. The van der Waals surface area contributed by atoms with Crippen molar-refractivity contribution in [3.05, 3.63) is 17.8 Å². The molecule has 3 heteroatoms. The van der Waals surface area contributed by atoms with Crippen LogP contribution in [0.1, 0.15) is 55.9 Å². The van der Waals surface area contributed by atoms with Gasteiger partial charge in [-0.15, -0.1) is 0 Å². The van der Waals surface area contributed by atoms with Crippen LogP contribution in [0.5, 0.6) is 0 Å². The summed E-state index contributed by atoms with van der Waals surface area (Å²) < 4.78 is 5.56. The van der Waals surface area contributed by atoms with Crippen LogP contribution in [0.15, 0.2) is 10.8 Å². The maximum absolute atomic E-state index is 5.56. The molecule has 0 unspecified atom stereocenters. The molecule has 1 aliphatic rings. The SMILES string of the molecule is CNCc1ncoc1C1CCCCCC1. The monoisotopic (exact) mass is 208 g/mol. The van der Waals surface area contributed by atoms with Crippen molar-refractivity contribution >= 4 is 0 Å². The molecule has 1 fully saturated rings. The Balaban J connectivity index is 2.08. The highest BCUT2D eigenvalue weighted by Gasteiger charge is 2.20. The second-order valence-electron chi connectivity index (χ2n) is 4.38. The first kappa shape index (κ1) is 10.7. The highest BCUT2D eigenvalue weighted by Crippen LogP contribution is 2.33. The van der Waals surface area contributed by atoms with E-state index in [0.29, 0.717) is 5.92 Å². The molecule has 15 heavy (non-hydrogen) atoms. The molecule has 1 saturated carbocycles. The Hall–Kier alpha value is -0.830. The summed E-state index contributed by atoms with van der Waals surface area (Å²) in [5.74, 6) is 1.74. The van der Waals surface area contributed by atoms with Gasteiger partial charge in [-0.3, -0.25) is 0 Å². The van der Waals surface area contributed by atoms with E-state index in [2.05, 4.69) is 10.3 Å². The van der Waals surface area contributed by atoms with Crippen molar-refractivity contribution in [1.82, 2.24) is 10.3 Å². The Bertz CT molecular complexity index is 288. The standard InChI is InChI=1S/C12H20N2O/c1-13-8-11-12(15-9-14-11)10-6-4-2-3-5-7-10/h9-10,13H,2-8H2,1H3. The zero-order valence-electron chi connectivity index (χ0n) is 9.46. The van der Waals surface area contributed by atoms with Gasteiger partial charge in [0.15, 0.2) is 6.39 Å². The Morgan fingerprint density at radius 3 is 2.73 bits per heavy atom. The minimum Gasteiger partial charge on any atom is -0.448 e. The zero-order valence-corrected chi connectivity index (χ0v) is 9.46. The third kappa shape index (κ3) is 2.59. The number of nitrogens with zero attached hydrogens (tertiary/aromatic N) is 1. The van der Waals surface area contributed by atoms with E-state index in [1.807, 2.05) is 7.05 Å². The van der Waals surface area contributed by atoms with Gasteiger partial charge in [-0.05, 0) is 19.9 Å². The van der Waals surface area contributed by atoms with Gasteiger partial charge in [0, 0.05) is 12.5 Å². The molecule has 0 radical (unpaired) electrons. The average molecular weight is 208 g/mol. The van der Waals surface area contributed by atoms with E-state index in [-0.39, 0.29) is 0 Å². The van der Waals surface area contributed by atoms with Gasteiger partial charge < -0.3 is 9.73 Å². The van der Waals surface area contributed by atoms with E-state index < -0.39 is 0 Å². The fourth-order valence-corrected chi connectivity index (χ4v) is 2.45. The predicted octanol–water partition coefficient (Wildman–Crippen LogP) is 2.83. The maximum atomic E-state index is 5.56. The first-order chi connectivity index (χ1) is 7.42. The van der Waals surface area contributed by atoms with E-state index >= 15 is 0 Å². The van der Waals surface area contributed by atoms with E-state index in [0.717, 1.165) is 18.0 Å². The molecule has 1 aliphatic carbocycles. The Kier molecular flexibility index (Phi) is 3.78. The molecule has 0 atom stereocenters. The van der Waals surface area contributed by atoms with Crippen LogP contribution >= 0.6 is 0 Å². The Morgan fingerprint density at radius 1 is 1.33 bits per heavy atom. The van der Waals surface area contributed by atoms with Crippen molar-refractivity contribution in [3.63, 3.8) is 0 Å². The fourth-order valence-electron chi connectivity index (χ4n) is 2.45. The van der Waals surface area contributed by atoms with Crippen LogP contribution in [-0.4, -0.2) is 12.0 Å². The molecule has 0 amide bonds. The minimum atomic E-state index is 0.610. The summed E-state index contributed by atoms with van der Waals surface area (Å²) >= 11 is 0. The smallest absolute Gasteiger partial charge is 0.181 e. The molecule has 1 aromatic rings. The maximum Gasteiger partial charge on any atom is 0.181 e. The number of nitrogens with one attached hydrogen (secondary N) is 1. The summed E-state index contributed by atoms with van der Waals surface area (Å²) in [4.78, 5) is 4.28. The van der Waals surface area contributed by atoms with Crippen LogP contribution in [0, 0.1) is 0 Å². The van der Waals surface area contributed by atoms with E-state index in [1.165, 1.54) is 38.5 Å². The van der Waals surface area contributed by atoms with E-state index in [4.69, 9.17) is 4.42 Å². The lowest BCUT2D eigenvalue weighted by atomic mass is 9.96. The second kappa shape index (κ2) is 5.31. The highest BCUT2D eigenvalue weighted by molar-refractivity contribution is 5.12. The molecule has 2 rings (SSSR count). The van der Waals surface area contributed by atoms with Crippen molar-refractivity contribution in [2.45, 2.75) is 51.0 Å². The van der Waals surface area contributed by atoms with Crippen molar-refractivity contribution in [2.75, 3.05) is 7.05 Å². The van der Waals surface area contributed by atoms with Crippen molar-refractivity contribution in [3.8, 4) is 0 Å². The summed E-state index contributed by atoms with van der Waals surface area (Å²) in [7, 11) is 1.95. The van der Waals surface area contributed by atoms with Crippen molar-refractivity contribution in [1.29, 1.82) is 0 Å². The van der Waals surface area contributed by atoms with Gasteiger partial charge >= 0.3 is 0 Å². The summed E-state index contributed by atoms with van der Waals surface area (Å²) in [6.45, 7) is 0.822. The molecule has 1 heterocycles. The molecule has 0 aliphatic heterocycles. The summed E-state index contributed by atoms with van der Waals surface area (Å²) in [5.41, 5.74) is 1.10. The molecular formula is C12H20N2O. The van der Waals surface area contributed by atoms with Crippen molar-refractivity contribution in [2.24, 2.45) is 0 Å². The lowest BCUT2D eigenvalue weighted by Gasteiger charge is -2.11. The van der Waals surface area contributed by atoms with Crippen LogP contribution in [0.3, 0.4) is 0 Å². The molecule has 84 valence electrons. The second-order valence-corrected chi connectivity index (χ2v) is 4.38. The Labute approximate surface area is 91.3 Å². The molecule has 0 bridgehead atoms. The summed E-state index contributed by atoms with van der Waals surface area (Å²) in [5, 5.41) is 3.14. The predicted molar refractivity (Wildman–Crippen MR) is 59.7 cm³/mol. The molecule has 0 aromatic carbocycles. The van der Waals surface area contributed by atoms with Crippen molar-refractivity contribution < 1.29 is 4.42 Å². The first-order valence-electron chi connectivity index (χ1n) is 5.98. The topological polar surface area (TPSA) is 38.1 Å². The third-order valence-electron chi connectivity index (χ3n) is 3.24. The van der Waals surface area contributed by atoms with Crippen LogP contribution in [0.4, 0.5) is 0 Å². The number of oxazole rings is 1. The van der Waals surface area contributed by atoms with Gasteiger partial charge in [-0.1, -0.05) is 25.7 Å². The minimum absolute atomic E-state index is 0.610. The quantitative estimate of drug-likeness (QED) is 0.776. The number of hydrogen-bond donors (Lipinski definition) is 1. The van der Waals surface area contributed by atoms with Crippen LogP contribution in [-0.2, 0) is 6.54 Å². The summed E-state index contributed by atoms with van der Waals surface area (Å²) in [6.07, 6.45) is 9.57. The van der Waals surface area contributed by atoms with Crippen LogP contribution < -0.4 is 5.32 Å². The van der Waals surface area contributed by atoms with Gasteiger partial charge in [0.05, 0.1) is 5.69 Å².